The summed E-state index contributed by atoms with van der Waals surface area (Å²) in [6.45, 7) is 8.09. The molecule has 1 aliphatic rings. The molecule has 0 heterocycles. The molecule has 0 amide bonds. The van der Waals surface area contributed by atoms with Gasteiger partial charge in [-0.3, -0.25) is 0 Å². The standard InChI is InChI=1S/C16H24BrN/c1-12-14(17)7-4-8-15(12)18-11-13-6-5-9-16(2,3)10-13/h4,7-8,13,18H,5-6,9-11H2,1-3H3. The highest BCUT2D eigenvalue weighted by Gasteiger charge is 2.27. The zero-order valence-corrected chi connectivity index (χ0v) is 13.3. The summed E-state index contributed by atoms with van der Waals surface area (Å²) in [5.74, 6) is 0.826. The maximum Gasteiger partial charge on any atom is 0.0381 e. The van der Waals surface area contributed by atoms with Crippen LogP contribution in [0, 0.1) is 18.3 Å². The Hall–Kier alpha value is -0.500. The van der Waals surface area contributed by atoms with Crippen LogP contribution in [0.1, 0.15) is 45.1 Å². The van der Waals surface area contributed by atoms with Gasteiger partial charge in [-0.1, -0.05) is 42.3 Å². The van der Waals surface area contributed by atoms with Gasteiger partial charge in [0.1, 0.15) is 0 Å². The predicted octanol–water partition coefficient (Wildman–Crippen LogP) is 5.39. The van der Waals surface area contributed by atoms with Gasteiger partial charge in [-0.25, -0.2) is 0 Å². The Labute approximate surface area is 119 Å². The third-order valence-electron chi connectivity index (χ3n) is 4.16. The zero-order valence-electron chi connectivity index (χ0n) is 11.7. The normalized spacial score (nSPS) is 22.8. The van der Waals surface area contributed by atoms with Crippen molar-refractivity contribution in [1.29, 1.82) is 0 Å². The summed E-state index contributed by atoms with van der Waals surface area (Å²) in [5, 5.41) is 3.63. The molecule has 1 aliphatic carbocycles. The SMILES string of the molecule is Cc1c(Br)cccc1NCC1CCCC(C)(C)C1. The van der Waals surface area contributed by atoms with E-state index in [1.54, 1.807) is 0 Å². The zero-order chi connectivity index (χ0) is 13.2. The van der Waals surface area contributed by atoms with Crippen LogP contribution in [0.15, 0.2) is 22.7 Å². The van der Waals surface area contributed by atoms with Crippen LogP contribution in [-0.4, -0.2) is 6.54 Å². The monoisotopic (exact) mass is 309 g/mol. The van der Waals surface area contributed by atoms with Crippen molar-refractivity contribution in [3.05, 3.63) is 28.2 Å². The largest absolute Gasteiger partial charge is 0.385 e. The smallest absolute Gasteiger partial charge is 0.0381 e. The molecule has 1 fully saturated rings. The minimum absolute atomic E-state index is 0.539. The summed E-state index contributed by atoms with van der Waals surface area (Å²) < 4.78 is 1.19. The van der Waals surface area contributed by atoms with Gasteiger partial charge in [-0.05, 0) is 55.2 Å². The van der Waals surface area contributed by atoms with Crippen molar-refractivity contribution in [2.75, 3.05) is 11.9 Å². The van der Waals surface area contributed by atoms with E-state index in [-0.39, 0.29) is 0 Å². The highest BCUT2D eigenvalue weighted by atomic mass is 79.9. The lowest BCUT2D eigenvalue weighted by molar-refractivity contribution is 0.187. The minimum atomic E-state index is 0.539. The maximum absolute atomic E-state index is 3.63. The van der Waals surface area contributed by atoms with Gasteiger partial charge in [0.2, 0.25) is 0 Å². The molecule has 1 unspecified atom stereocenters. The molecule has 0 radical (unpaired) electrons. The van der Waals surface area contributed by atoms with Gasteiger partial charge >= 0.3 is 0 Å². The van der Waals surface area contributed by atoms with E-state index in [0.29, 0.717) is 5.41 Å². The van der Waals surface area contributed by atoms with Crippen LogP contribution >= 0.6 is 15.9 Å². The topological polar surface area (TPSA) is 12.0 Å². The average Bonchev–Trinajstić information content (AvgIpc) is 2.30. The summed E-state index contributed by atoms with van der Waals surface area (Å²) >= 11 is 3.59. The molecule has 0 bridgehead atoms. The fourth-order valence-electron chi connectivity index (χ4n) is 3.08. The predicted molar refractivity (Wildman–Crippen MR) is 83.1 cm³/mol. The molecule has 2 heteroatoms. The summed E-state index contributed by atoms with van der Waals surface area (Å²) in [6, 6.07) is 6.38. The fourth-order valence-corrected chi connectivity index (χ4v) is 3.45. The number of rotatable bonds is 3. The highest BCUT2D eigenvalue weighted by molar-refractivity contribution is 9.10. The van der Waals surface area contributed by atoms with Gasteiger partial charge in [0.05, 0.1) is 0 Å². The molecule has 0 spiro atoms. The molecule has 0 aliphatic heterocycles. The molecule has 100 valence electrons. The van der Waals surface area contributed by atoms with Crippen LogP contribution in [-0.2, 0) is 0 Å². The lowest BCUT2D eigenvalue weighted by Crippen LogP contribution is -2.27. The average molecular weight is 310 g/mol. The molecular formula is C16H24BrN. The van der Waals surface area contributed by atoms with Gasteiger partial charge in [-0.15, -0.1) is 0 Å². The Bertz CT molecular complexity index is 412. The first-order valence-electron chi connectivity index (χ1n) is 6.97. The van der Waals surface area contributed by atoms with E-state index < -0.39 is 0 Å². The molecule has 2 rings (SSSR count). The van der Waals surface area contributed by atoms with E-state index in [2.05, 4.69) is 60.2 Å². The van der Waals surface area contributed by atoms with E-state index in [1.165, 1.54) is 41.4 Å². The van der Waals surface area contributed by atoms with Crippen LogP contribution in [0.5, 0.6) is 0 Å². The number of hydrogen-bond donors (Lipinski definition) is 1. The van der Waals surface area contributed by atoms with Gasteiger partial charge in [0.15, 0.2) is 0 Å². The van der Waals surface area contributed by atoms with Crippen molar-refractivity contribution in [3.63, 3.8) is 0 Å². The third-order valence-corrected chi connectivity index (χ3v) is 5.02. The molecule has 0 saturated heterocycles. The maximum atomic E-state index is 3.63. The molecule has 1 N–H and O–H groups in total. The van der Waals surface area contributed by atoms with Crippen molar-refractivity contribution >= 4 is 21.6 Å². The molecule has 1 atom stereocenters. The fraction of sp³-hybridized carbons (Fsp3) is 0.625. The third kappa shape index (κ3) is 3.50. The van der Waals surface area contributed by atoms with Gasteiger partial charge in [-0.2, -0.15) is 0 Å². The second-order valence-electron chi connectivity index (χ2n) is 6.42. The molecule has 1 aromatic carbocycles. The van der Waals surface area contributed by atoms with Crippen molar-refractivity contribution in [2.24, 2.45) is 11.3 Å². The van der Waals surface area contributed by atoms with Crippen molar-refractivity contribution < 1.29 is 0 Å². The molecule has 0 aromatic heterocycles. The van der Waals surface area contributed by atoms with Gasteiger partial charge in [0, 0.05) is 16.7 Å². The van der Waals surface area contributed by atoms with Crippen LogP contribution in [0.2, 0.25) is 0 Å². The highest BCUT2D eigenvalue weighted by Crippen LogP contribution is 2.38. The number of nitrogens with one attached hydrogen (secondary N) is 1. The van der Waals surface area contributed by atoms with E-state index in [1.807, 2.05) is 0 Å². The van der Waals surface area contributed by atoms with Crippen molar-refractivity contribution in [3.8, 4) is 0 Å². The number of halogens is 1. The Morgan fingerprint density at radius 1 is 1.39 bits per heavy atom. The Balaban J connectivity index is 1.93. The van der Waals surface area contributed by atoms with Gasteiger partial charge < -0.3 is 5.32 Å². The molecule has 1 nitrogen and oxygen atoms in total. The first kappa shape index (κ1) is 13.9. The number of hydrogen-bond acceptors (Lipinski definition) is 1. The van der Waals surface area contributed by atoms with E-state index >= 15 is 0 Å². The van der Waals surface area contributed by atoms with Crippen LogP contribution in [0.4, 0.5) is 5.69 Å². The molecular weight excluding hydrogens is 286 g/mol. The summed E-state index contributed by atoms with van der Waals surface area (Å²) in [7, 11) is 0. The first-order chi connectivity index (χ1) is 8.48. The van der Waals surface area contributed by atoms with E-state index in [0.717, 1.165) is 12.5 Å². The Kier molecular flexibility index (Phi) is 4.37. The Morgan fingerprint density at radius 2 is 2.17 bits per heavy atom. The number of anilines is 1. The van der Waals surface area contributed by atoms with Gasteiger partial charge in [0.25, 0.3) is 0 Å². The Morgan fingerprint density at radius 3 is 2.89 bits per heavy atom. The number of benzene rings is 1. The van der Waals surface area contributed by atoms with E-state index in [9.17, 15) is 0 Å². The second-order valence-corrected chi connectivity index (χ2v) is 7.27. The summed E-state index contributed by atoms with van der Waals surface area (Å²) in [6.07, 6.45) is 5.51. The van der Waals surface area contributed by atoms with E-state index in [4.69, 9.17) is 0 Å². The van der Waals surface area contributed by atoms with Crippen LogP contribution in [0.3, 0.4) is 0 Å². The summed E-state index contributed by atoms with van der Waals surface area (Å²) in [5.41, 5.74) is 3.12. The van der Waals surface area contributed by atoms with Crippen LogP contribution < -0.4 is 5.32 Å². The molecule has 1 aromatic rings. The van der Waals surface area contributed by atoms with Crippen molar-refractivity contribution in [1.82, 2.24) is 0 Å². The lowest BCUT2D eigenvalue weighted by Gasteiger charge is -2.35. The van der Waals surface area contributed by atoms with Crippen molar-refractivity contribution in [2.45, 2.75) is 46.5 Å². The minimum Gasteiger partial charge on any atom is -0.385 e. The lowest BCUT2D eigenvalue weighted by atomic mass is 9.72. The van der Waals surface area contributed by atoms with Crippen LogP contribution in [0.25, 0.3) is 0 Å². The first-order valence-corrected chi connectivity index (χ1v) is 7.76. The molecule has 1 saturated carbocycles. The quantitative estimate of drug-likeness (QED) is 0.789. The summed E-state index contributed by atoms with van der Waals surface area (Å²) in [4.78, 5) is 0. The molecule has 18 heavy (non-hydrogen) atoms. The second kappa shape index (κ2) is 5.64.